The summed E-state index contributed by atoms with van der Waals surface area (Å²) in [6.07, 6.45) is 3.45. The van der Waals surface area contributed by atoms with Crippen molar-refractivity contribution in [1.29, 1.82) is 0 Å². The molecule has 0 saturated carbocycles. The number of rotatable bonds is 20. The van der Waals surface area contributed by atoms with E-state index in [-0.39, 0.29) is 48.1 Å². The number of nitrogens with two attached hydrogens (primary N) is 1. The van der Waals surface area contributed by atoms with Crippen LogP contribution in [0, 0.1) is 11.8 Å². The molecule has 0 bridgehead atoms. The normalized spacial score (nSPS) is 12.2. The molecule has 198 valence electrons. The van der Waals surface area contributed by atoms with E-state index in [0.29, 0.717) is 64.3 Å². The molecule has 0 spiro atoms. The third kappa shape index (κ3) is 13.8. The van der Waals surface area contributed by atoms with Crippen LogP contribution in [0.2, 0.25) is 0 Å². The number of aromatic nitrogens is 3. The molecule has 0 aliphatic heterocycles. The number of hydrogen-bond acceptors (Lipinski definition) is 9. The Morgan fingerprint density at radius 2 is 1.54 bits per heavy atom. The van der Waals surface area contributed by atoms with Crippen LogP contribution in [0.4, 0.5) is 0 Å². The molecule has 0 radical (unpaired) electrons. The molecule has 11 nitrogen and oxygen atoms in total. The van der Waals surface area contributed by atoms with E-state index in [4.69, 9.17) is 15.2 Å². The lowest BCUT2D eigenvalue weighted by Crippen LogP contribution is -2.43. The van der Waals surface area contributed by atoms with Crippen LogP contribution in [0.15, 0.2) is 6.20 Å². The molecule has 0 aliphatic rings. The van der Waals surface area contributed by atoms with Crippen molar-refractivity contribution in [3.63, 3.8) is 0 Å². The largest absolute Gasteiger partial charge is 0.381 e. The van der Waals surface area contributed by atoms with Gasteiger partial charge in [-0.15, -0.1) is 5.10 Å². The number of amides is 1. The Kier molecular flexibility index (Phi) is 14.8. The Labute approximate surface area is 207 Å². The molecule has 0 aliphatic carbocycles. The van der Waals surface area contributed by atoms with Crippen molar-refractivity contribution < 1.29 is 28.7 Å². The van der Waals surface area contributed by atoms with Crippen LogP contribution in [0.3, 0.4) is 0 Å². The van der Waals surface area contributed by atoms with Crippen LogP contribution in [0.1, 0.15) is 59.1 Å². The minimum absolute atomic E-state index is 0.00887. The van der Waals surface area contributed by atoms with Crippen LogP contribution >= 0.6 is 0 Å². The van der Waals surface area contributed by atoms with Gasteiger partial charge in [-0.3, -0.25) is 19.2 Å². The molecule has 35 heavy (non-hydrogen) atoms. The van der Waals surface area contributed by atoms with Gasteiger partial charge in [0.05, 0.1) is 31.6 Å². The SMILES string of the molecule is CC(C)C(=O)CCOCCCC(=O)Cn1cc(CC(N)C(=O)NCCOCCC(=O)C(C)C)nn1. The van der Waals surface area contributed by atoms with Crippen molar-refractivity contribution in [2.24, 2.45) is 17.6 Å². The average molecular weight is 496 g/mol. The van der Waals surface area contributed by atoms with E-state index >= 15 is 0 Å². The van der Waals surface area contributed by atoms with Gasteiger partial charge in [0.2, 0.25) is 5.91 Å². The monoisotopic (exact) mass is 495 g/mol. The minimum atomic E-state index is -0.807. The number of Topliss-reactive ketones (excluding diaryl/α,β-unsaturated/α-hetero) is 3. The second kappa shape index (κ2) is 17.0. The van der Waals surface area contributed by atoms with E-state index in [2.05, 4.69) is 15.6 Å². The van der Waals surface area contributed by atoms with Gasteiger partial charge < -0.3 is 20.5 Å². The fourth-order valence-corrected chi connectivity index (χ4v) is 2.96. The van der Waals surface area contributed by atoms with Gasteiger partial charge in [-0.25, -0.2) is 4.68 Å². The van der Waals surface area contributed by atoms with Crippen molar-refractivity contribution in [2.45, 2.75) is 72.4 Å². The maximum Gasteiger partial charge on any atom is 0.237 e. The number of nitrogens with one attached hydrogen (secondary N) is 1. The van der Waals surface area contributed by atoms with E-state index in [1.165, 1.54) is 4.68 Å². The molecule has 1 atom stereocenters. The summed E-state index contributed by atoms with van der Waals surface area (Å²) in [4.78, 5) is 47.3. The number of nitrogens with zero attached hydrogens (tertiary/aromatic N) is 3. The van der Waals surface area contributed by atoms with Gasteiger partial charge in [0.15, 0.2) is 5.78 Å². The van der Waals surface area contributed by atoms with Gasteiger partial charge in [-0.05, 0) is 6.42 Å². The summed E-state index contributed by atoms with van der Waals surface area (Å²) in [7, 11) is 0. The molecule has 1 rings (SSSR count). The quantitative estimate of drug-likeness (QED) is 0.251. The Bertz CT molecular complexity index is 808. The van der Waals surface area contributed by atoms with E-state index in [9.17, 15) is 19.2 Å². The van der Waals surface area contributed by atoms with E-state index in [1.807, 2.05) is 27.7 Å². The highest BCUT2D eigenvalue weighted by Crippen LogP contribution is 2.02. The van der Waals surface area contributed by atoms with Crippen molar-refractivity contribution in [3.8, 4) is 0 Å². The van der Waals surface area contributed by atoms with Gasteiger partial charge >= 0.3 is 0 Å². The number of carbonyl (C=O) groups is 4. The topological polar surface area (TPSA) is 156 Å². The summed E-state index contributed by atoms with van der Waals surface area (Å²) in [6, 6.07) is -0.807. The first-order valence-corrected chi connectivity index (χ1v) is 12.2. The van der Waals surface area contributed by atoms with Gasteiger partial charge in [0, 0.05) is 56.9 Å². The number of hydrogen-bond donors (Lipinski definition) is 2. The Morgan fingerprint density at radius 3 is 2.14 bits per heavy atom. The molecule has 1 heterocycles. The standard InChI is InChI=1S/C24H41N5O6/c1-17(2)22(31)7-11-34-10-5-6-20(30)16-29-15-19(27-28-29)14-21(25)24(33)26-9-13-35-12-8-23(32)18(3)4/h15,17-18,21H,5-14,16,25H2,1-4H3,(H,26,33). The van der Waals surface area contributed by atoms with E-state index < -0.39 is 6.04 Å². The maximum atomic E-state index is 12.1. The molecule has 1 aromatic heterocycles. The zero-order chi connectivity index (χ0) is 26.2. The summed E-state index contributed by atoms with van der Waals surface area (Å²) in [6.45, 7) is 9.20. The summed E-state index contributed by atoms with van der Waals surface area (Å²) in [5.74, 6) is -0.0421. The fourth-order valence-electron chi connectivity index (χ4n) is 2.96. The predicted octanol–water partition coefficient (Wildman–Crippen LogP) is 0.877. The lowest BCUT2D eigenvalue weighted by molar-refractivity contribution is -0.124. The van der Waals surface area contributed by atoms with Crippen molar-refractivity contribution in [2.75, 3.05) is 33.0 Å². The molecular weight excluding hydrogens is 454 g/mol. The molecule has 1 aromatic rings. The molecule has 1 amide bonds. The molecule has 0 saturated heterocycles. The van der Waals surface area contributed by atoms with Gasteiger partial charge in [-0.2, -0.15) is 0 Å². The maximum absolute atomic E-state index is 12.1. The van der Waals surface area contributed by atoms with Crippen LogP contribution in [-0.4, -0.2) is 77.3 Å². The first-order valence-electron chi connectivity index (χ1n) is 12.2. The Morgan fingerprint density at radius 1 is 0.943 bits per heavy atom. The van der Waals surface area contributed by atoms with E-state index in [0.717, 1.165) is 0 Å². The third-order valence-corrected chi connectivity index (χ3v) is 5.25. The summed E-state index contributed by atoms with van der Waals surface area (Å²) < 4.78 is 12.2. The zero-order valence-electron chi connectivity index (χ0n) is 21.5. The first kappa shape index (κ1) is 30.5. The van der Waals surface area contributed by atoms with Gasteiger partial charge in [0.1, 0.15) is 18.1 Å². The van der Waals surface area contributed by atoms with Crippen molar-refractivity contribution >= 4 is 23.3 Å². The van der Waals surface area contributed by atoms with Crippen LogP contribution in [-0.2, 0) is 41.6 Å². The van der Waals surface area contributed by atoms with Crippen molar-refractivity contribution in [1.82, 2.24) is 20.3 Å². The first-order chi connectivity index (χ1) is 16.6. The summed E-state index contributed by atoms with van der Waals surface area (Å²) in [5.41, 5.74) is 6.45. The molecule has 3 N–H and O–H groups in total. The van der Waals surface area contributed by atoms with Crippen molar-refractivity contribution in [3.05, 3.63) is 11.9 Å². The second-order valence-electron chi connectivity index (χ2n) is 9.12. The zero-order valence-corrected chi connectivity index (χ0v) is 21.5. The predicted molar refractivity (Wildman–Crippen MR) is 130 cm³/mol. The smallest absolute Gasteiger partial charge is 0.237 e. The minimum Gasteiger partial charge on any atom is -0.381 e. The highest BCUT2D eigenvalue weighted by Gasteiger charge is 2.16. The summed E-state index contributed by atoms with van der Waals surface area (Å²) in [5, 5.41) is 10.6. The molecule has 0 fully saturated rings. The van der Waals surface area contributed by atoms with E-state index in [1.54, 1.807) is 6.20 Å². The fraction of sp³-hybridized carbons (Fsp3) is 0.750. The van der Waals surface area contributed by atoms with Crippen LogP contribution in [0.5, 0.6) is 0 Å². The molecule has 0 aromatic carbocycles. The van der Waals surface area contributed by atoms with Crippen LogP contribution in [0.25, 0.3) is 0 Å². The van der Waals surface area contributed by atoms with Crippen LogP contribution < -0.4 is 11.1 Å². The number of carbonyl (C=O) groups excluding carboxylic acids is 4. The van der Waals surface area contributed by atoms with Gasteiger partial charge in [0.25, 0.3) is 0 Å². The highest BCUT2D eigenvalue weighted by atomic mass is 16.5. The Balaban J connectivity index is 2.19. The third-order valence-electron chi connectivity index (χ3n) is 5.25. The Hall–Kier alpha value is -2.50. The highest BCUT2D eigenvalue weighted by molar-refractivity contribution is 5.82. The average Bonchev–Trinajstić information content (AvgIpc) is 3.23. The van der Waals surface area contributed by atoms with Gasteiger partial charge in [-0.1, -0.05) is 32.9 Å². The molecule has 1 unspecified atom stereocenters. The lowest BCUT2D eigenvalue weighted by atomic mass is 10.1. The number of ketones is 3. The lowest BCUT2D eigenvalue weighted by Gasteiger charge is -2.11. The molecule has 11 heteroatoms. The summed E-state index contributed by atoms with van der Waals surface area (Å²) >= 11 is 0. The number of ether oxygens (including phenoxy) is 2. The molecular formula is C24H41N5O6. The second-order valence-corrected chi connectivity index (χ2v) is 9.12.